The van der Waals surface area contributed by atoms with E-state index >= 15 is 0 Å². The molecule has 0 spiro atoms. The average molecular weight is 837 g/mol. The highest BCUT2D eigenvalue weighted by Gasteiger charge is 2.22. The van der Waals surface area contributed by atoms with Crippen molar-refractivity contribution < 1.29 is 8.83 Å². The van der Waals surface area contributed by atoms with Gasteiger partial charge in [-0.1, -0.05) is 140 Å². The molecule has 0 saturated carbocycles. The molecule has 5 heterocycles. The van der Waals surface area contributed by atoms with Crippen molar-refractivity contribution in [3.63, 3.8) is 0 Å². The van der Waals surface area contributed by atoms with Crippen molar-refractivity contribution in [1.29, 1.82) is 0 Å². The number of hydrogen-bond donors (Lipinski definition) is 0. The first-order valence-electron chi connectivity index (χ1n) is 21.3. The summed E-state index contributed by atoms with van der Waals surface area (Å²) in [5.74, 6) is 1.67. The van der Waals surface area contributed by atoms with Crippen LogP contribution in [0, 0.1) is 0 Å². The molecule has 0 aliphatic carbocycles. The summed E-state index contributed by atoms with van der Waals surface area (Å²) in [4.78, 5) is 15.5. The van der Waals surface area contributed by atoms with Gasteiger partial charge < -0.3 is 13.4 Å². The van der Waals surface area contributed by atoms with Gasteiger partial charge in [-0.05, 0) is 65.7 Å². The molecule has 0 aliphatic heterocycles. The van der Waals surface area contributed by atoms with E-state index in [0.29, 0.717) is 17.5 Å². The Morgan fingerprint density at radius 2 is 0.984 bits per heavy atom. The number of aromatic nitrogens is 4. The summed E-state index contributed by atoms with van der Waals surface area (Å²) in [6.07, 6.45) is 0. The summed E-state index contributed by atoms with van der Waals surface area (Å²) in [7, 11) is 0. The van der Waals surface area contributed by atoms with Crippen LogP contribution < -0.4 is 0 Å². The molecule has 0 atom stereocenters. The van der Waals surface area contributed by atoms with E-state index in [9.17, 15) is 0 Å². The van der Waals surface area contributed by atoms with Crippen molar-refractivity contribution in [2.24, 2.45) is 0 Å². The molecular weight excluding hydrogens is 805 g/mol. The van der Waals surface area contributed by atoms with Crippen LogP contribution in [0.1, 0.15) is 0 Å². The fraction of sp³-hybridized carbons (Fsp3) is 0. The van der Waals surface area contributed by atoms with Gasteiger partial charge in [0.1, 0.15) is 22.3 Å². The molecule has 7 heteroatoms. The molecule has 14 aromatic rings. The quantitative estimate of drug-likeness (QED) is 0.173. The highest BCUT2D eigenvalue weighted by molar-refractivity contribution is 7.26. The topological polar surface area (TPSA) is 69.9 Å². The van der Waals surface area contributed by atoms with Crippen LogP contribution in [0.5, 0.6) is 0 Å². The highest BCUT2D eigenvalue weighted by Crippen LogP contribution is 2.46. The van der Waals surface area contributed by atoms with Gasteiger partial charge in [-0.25, -0.2) is 15.0 Å². The van der Waals surface area contributed by atoms with Crippen LogP contribution in [0.4, 0.5) is 0 Å². The molecule has 0 radical (unpaired) electrons. The third-order valence-corrected chi connectivity index (χ3v) is 13.9. The Morgan fingerprint density at radius 1 is 0.375 bits per heavy atom. The molecule has 14 rings (SSSR count). The van der Waals surface area contributed by atoms with E-state index in [2.05, 4.69) is 126 Å². The molecule has 0 unspecified atom stereocenters. The standard InChI is InChI=1S/C57H32N4O2S/c1-2-14-33(15-3-1)55-58-56(60-57(59-55)42-23-10-20-39-38-18-6-9-27-47(38)63-53(39)42)41-22-12-28-49-51(41)43-32-34(30-31-48(43)62-49)35-19-13-29-50-52(35)40-21-11-26-46(54(40)64-50)61-44-24-7-4-16-36(44)37-17-5-8-25-45(37)61/h1-32H. The maximum Gasteiger partial charge on any atom is 0.167 e. The minimum absolute atomic E-state index is 0.537. The molecule has 0 amide bonds. The van der Waals surface area contributed by atoms with Gasteiger partial charge in [-0.15, -0.1) is 11.3 Å². The van der Waals surface area contributed by atoms with E-state index in [1.165, 1.54) is 53.2 Å². The maximum absolute atomic E-state index is 6.61. The molecule has 0 aliphatic rings. The van der Waals surface area contributed by atoms with E-state index < -0.39 is 0 Å². The number of nitrogens with zero attached hydrogens (tertiary/aromatic N) is 4. The molecule has 6 nitrogen and oxygen atoms in total. The smallest absolute Gasteiger partial charge is 0.167 e. The van der Waals surface area contributed by atoms with Crippen LogP contribution in [0.15, 0.2) is 203 Å². The Morgan fingerprint density at radius 3 is 1.83 bits per heavy atom. The predicted octanol–water partition coefficient (Wildman–Crippen LogP) is 15.8. The molecule has 0 saturated heterocycles. The van der Waals surface area contributed by atoms with Crippen molar-refractivity contribution in [3.05, 3.63) is 194 Å². The van der Waals surface area contributed by atoms with Crippen LogP contribution >= 0.6 is 11.3 Å². The molecule has 0 fully saturated rings. The van der Waals surface area contributed by atoms with E-state index in [1.54, 1.807) is 0 Å². The number of benzene rings is 9. The lowest BCUT2D eigenvalue weighted by atomic mass is 9.97. The Bertz CT molecular complexity index is 4160. The Hall–Kier alpha value is -8.39. The zero-order chi connectivity index (χ0) is 41.9. The molecular formula is C57H32N4O2S. The van der Waals surface area contributed by atoms with Gasteiger partial charge in [0.25, 0.3) is 0 Å². The zero-order valence-electron chi connectivity index (χ0n) is 34.0. The molecule has 64 heavy (non-hydrogen) atoms. The number of hydrogen-bond acceptors (Lipinski definition) is 6. The summed E-state index contributed by atoms with van der Waals surface area (Å²) < 4.78 is 18.0. The van der Waals surface area contributed by atoms with Crippen LogP contribution in [0.3, 0.4) is 0 Å². The fourth-order valence-electron chi connectivity index (χ4n) is 9.87. The van der Waals surface area contributed by atoms with Crippen LogP contribution in [0.25, 0.3) is 137 Å². The Kier molecular flexibility index (Phi) is 7.46. The van der Waals surface area contributed by atoms with Crippen molar-refractivity contribution in [2.75, 3.05) is 0 Å². The molecule has 298 valence electrons. The normalized spacial score (nSPS) is 12.1. The lowest BCUT2D eigenvalue weighted by Crippen LogP contribution is -2.00. The molecule has 0 bridgehead atoms. The van der Waals surface area contributed by atoms with E-state index in [4.69, 9.17) is 23.8 Å². The van der Waals surface area contributed by atoms with E-state index in [-0.39, 0.29) is 0 Å². The average Bonchev–Trinajstić information content (AvgIpc) is 4.13. The van der Waals surface area contributed by atoms with Gasteiger partial charge in [-0.3, -0.25) is 0 Å². The lowest BCUT2D eigenvalue weighted by molar-refractivity contribution is 0.668. The van der Waals surface area contributed by atoms with Crippen molar-refractivity contribution in [2.45, 2.75) is 0 Å². The third-order valence-electron chi connectivity index (χ3n) is 12.7. The second kappa shape index (κ2) is 13.6. The number of thiophene rings is 1. The van der Waals surface area contributed by atoms with Gasteiger partial charge in [0, 0.05) is 58.9 Å². The number of fused-ring (bicyclic) bond motifs is 12. The van der Waals surface area contributed by atoms with Crippen molar-refractivity contribution in [1.82, 2.24) is 19.5 Å². The van der Waals surface area contributed by atoms with E-state index in [0.717, 1.165) is 66.1 Å². The first-order chi connectivity index (χ1) is 31.7. The van der Waals surface area contributed by atoms with Gasteiger partial charge >= 0.3 is 0 Å². The van der Waals surface area contributed by atoms with Gasteiger partial charge in [0.2, 0.25) is 0 Å². The van der Waals surface area contributed by atoms with Crippen LogP contribution in [-0.4, -0.2) is 19.5 Å². The monoisotopic (exact) mass is 836 g/mol. The second-order valence-corrected chi connectivity index (χ2v) is 17.3. The van der Waals surface area contributed by atoms with Crippen LogP contribution in [0.2, 0.25) is 0 Å². The zero-order valence-corrected chi connectivity index (χ0v) is 34.8. The summed E-state index contributed by atoms with van der Waals surface area (Å²) in [5.41, 5.74) is 11.6. The van der Waals surface area contributed by atoms with Gasteiger partial charge in [0.15, 0.2) is 17.5 Å². The van der Waals surface area contributed by atoms with Crippen molar-refractivity contribution in [3.8, 4) is 51.0 Å². The summed E-state index contributed by atoms with van der Waals surface area (Å²) in [5, 5.41) is 9.00. The fourth-order valence-corrected chi connectivity index (χ4v) is 11.1. The Balaban J connectivity index is 0.970. The first kappa shape index (κ1) is 35.2. The summed E-state index contributed by atoms with van der Waals surface area (Å²) in [6.45, 7) is 0. The second-order valence-electron chi connectivity index (χ2n) is 16.2. The minimum atomic E-state index is 0.537. The van der Waals surface area contributed by atoms with Crippen LogP contribution in [-0.2, 0) is 0 Å². The number of para-hydroxylation sites is 4. The number of rotatable bonds is 5. The first-order valence-corrected chi connectivity index (χ1v) is 22.2. The molecule has 5 aromatic heterocycles. The predicted molar refractivity (Wildman–Crippen MR) is 263 cm³/mol. The summed E-state index contributed by atoms with van der Waals surface area (Å²) >= 11 is 1.85. The summed E-state index contributed by atoms with van der Waals surface area (Å²) in [6, 6.07) is 67.9. The molecule has 9 aromatic carbocycles. The minimum Gasteiger partial charge on any atom is -0.456 e. The highest BCUT2D eigenvalue weighted by atomic mass is 32.1. The lowest BCUT2D eigenvalue weighted by Gasteiger charge is -2.10. The third kappa shape index (κ3) is 5.16. The van der Waals surface area contributed by atoms with Crippen molar-refractivity contribution >= 4 is 97.2 Å². The van der Waals surface area contributed by atoms with Gasteiger partial charge in [-0.2, -0.15) is 0 Å². The Labute approximate surface area is 368 Å². The largest absolute Gasteiger partial charge is 0.456 e. The SMILES string of the molecule is c1ccc(-c2nc(-c3cccc4c3oc3ccccc34)nc(-c3cccc4oc5ccc(-c6cccc7sc8c(-n9c%10ccccc%10c%10ccccc%109)cccc8c67)cc5c34)n2)cc1. The number of furan rings is 2. The van der Waals surface area contributed by atoms with Gasteiger partial charge in [0.05, 0.1) is 27.0 Å². The van der Waals surface area contributed by atoms with E-state index in [1.807, 2.05) is 84.1 Å². The maximum atomic E-state index is 6.61. The molecule has 0 N–H and O–H groups in total.